The smallest absolute Gasteiger partial charge is 0.250 e. The molecule has 8 heteroatoms. The molecule has 0 heterocycles. The van der Waals surface area contributed by atoms with Gasteiger partial charge in [0.1, 0.15) is 6.10 Å². The molecule has 4 N–H and O–H groups in total. The summed E-state index contributed by atoms with van der Waals surface area (Å²) >= 11 is -2.96. The van der Waals surface area contributed by atoms with E-state index in [9.17, 15) is 13.6 Å². The number of amides is 1. The third-order valence-corrected chi connectivity index (χ3v) is 1.36. The predicted molar refractivity (Wildman–Crippen MR) is 36.1 cm³/mol. The van der Waals surface area contributed by atoms with Crippen molar-refractivity contribution in [2.24, 2.45) is 5.73 Å². The molecule has 0 saturated carbocycles. The van der Waals surface area contributed by atoms with Gasteiger partial charge in [0.25, 0.3) is 5.91 Å². The van der Waals surface area contributed by atoms with Crippen LogP contribution in [0.15, 0.2) is 0 Å². The number of carbonyl (C=O) groups is 1. The van der Waals surface area contributed by atoms with Crippen LogP contribution in [0.1, 0.15) is 0 Å². The van der Waals surface area contributed by atoms with E-state index in [0.29, 0.717) is 0 Å². The van der Waals surface area contributed by atoms with Crippen LogP contribution in [0.3, 0.4) is 0 Å². The Bertz CT molecular complexity index is 184. The number of nitrogens with two attached hydrogens (primary N) is 1. The van der Waals surface area contributed by atoms with Crippen molar-refractivity contribution >= 4 is 17.3 Å². The fourth-order valence-electron chi connectivity index (χ4n) is 0.482. The van der Waals surface area contributed by atoms with Crippen molar-refractivity contribution in [2.75, 3.05) is 6.61 Å². The molecule has 0 aliphatic rings. The zero-order valence-corrected chi connectivity index (χ0v) is 6.69. The van der Waals surface area contributed by atoms with Crippen molar-refractivity contribution in [3.05, 3.63) is 0 Å². The minimum Gasteiger partial charge on any atom is -0.750 e. The van der Waals surface area contributed by atoms with E-state index >= 15 is 0 Å². The summed E-state index contributed by atoms with van der Waals surface area (Å²) in [5.74, 6) is -1.17. The van der Waals surface area contributed by atoms with E-state index in [4.69, 9.17) is 10.2 Å². The lowest BCUT2D eigenvalue weighted by Gasteiger charge is -2.18. The molecule has 0 aliphatic heterocycles. The highest BCUT2D eigenvalue weighted by atomic mass is 32.2. The molecule has 0 aliphatic carbocycles. The van der Waals surface area contributed by atoms with Gasteiger partial charge >= 0.3 is 0 Å². The molecule has 0 fully saturated rings. The van der Waals surface area contributed by atoms with Crippen molar-refractivity contribution in [1.82, 2.24) is 0 Å². The molecule has 0 saturated heterocycles. The lowest BCUT2D eigenvalue weighted by atomic mass is 10.2. The molecule has 0 aromatic heterocycles. The Labute approximate surface area is 70.6 Å². The van der Waals surface area contributed by atoms with E-state index in [1.54, 1.807) is 0 Å². The van der Waals surface area contributed by atoms with Crippen LogP contribution in [0.5, 0.6) is 0 Å². The van der Waals surface area contributed by atoms with Crippen molar-refractivity contribution in [3.8, 4) is 0 Å². The summed E-state index contributed by atoms with van der Waals surface area (Å²) < 4.78 is 23.7. The fourth-order valence-corrected chi connectivity index (χ4v) is 0.874. The first kappa shape index (κ1) is 11.5. The van der Waals surface area contributed by atoms with Gasteiger partial charge in [0, 0.05) is 0 Å². The first-order valence-corrected chi connectivity index (χ1v) is 3.83. The minimum atomic E-state index is -2.96. The number of aliphatic hydroxyl groups excluding tert-OH is 2. The Hall–Kier alpha value is -0.540. The van der Waals surface area contributed by atoms with E-state index in [0.717, 1.165) is 0 Å². The van der Waals surface area contributed by atoms with Gasteiger partial charge in [-0.15, -0.1) is 0 Å². The molecule has 0 rings (SSSR count). The number of primary amides is 1. The average molecular weight is 198 g/mol. The summed E-state index contributed by atoms with van der Waals surface area (Å²) in [5, 5.41) is 17.1. The number of carbonyl (C=O) groups excluding carboxylic acids is 1. The molecule has 0 spiro atoms. The topological polar surface area (TPSA) is 133 Å². The number of rotatable bonds is 5. The third kappa shape index (κ3) is 3.74. The standard InChI is InChI=1S/C4H9NO6S/c5-4(8)3(2(7)1-6)11-12(9)10/h2-3,6-7H,1H2,(H2,5,8)(H,9,10)/p-1. The van der Waals surface area contributed by atoms with Crippen molar-refractivity contribution in [3.63, 3.8) is 0 Å². The largest absolute Gasteiger partial charge is 0.750 e. The van der Waals surface area contributed by atoms with Crippen molar-refractivity contribution in [2.45, 2.75) is 12.2 Å². The van der Waals surface area contributed by atoms with Gasteiger partial charge < -0.3 is 20.5 Å². The Morgan fingerprint density at radius 3 is 2.50 bits per heavy atom. The lowest BCUT2D eigenvalue weighted by molar-refractivity contribution is -0.131. The zero-order chi connectivity index (χ0) is 9.72. The second-order valence-electron chi connectivity index (χ2n) is 1.87. The van der Waals surface area contributed by atoms with Gasteiger partial charge in [-0.1, -0.05) is 0 Å². The van der Waals surface area contributed by atoms with E-state index in [-0.39, 0.29) is 0 Å². The molecule has 0 aromatic carbocycles. The maximum Gasteiger partial charge on any atom is 0.250 e. The second kappa shape index (κ2) is 5.17. The van der Waals surface area contributed by atoms with Gasteiger partial charge in [-0.05, 0) is 0 Å². The Morgan fingerprint density at radius 2 is 2.25 bits per heavy atom. The summed E-state index contributed by atoms with van der Waals surface area (Å²) in [4.78, 5) is 10.4. The number of aliphatic hydroxyl groups is 2. The molecule has 72 valence electrons. The third-order valence-electron chi connectivity index (χ3n) is 0.999. The first-order chi connectivity index (χ1) is 5.49. The van der Waals surface area contributed by atoms with Crippen LogP contribution in [0.2, 0.25) is 0 Å². The van der Waals surface area contributed by atoms with Gasteiger partial charge in [0.05, 0.1) is 18.0 Å². The monoisotopic (exact) mass is 198 g/mol. The summed E-state index contributed by atoms with van der Waals surface area (Å²) in [7, 11) is 0. The van der Waals surface area contributed by atoms with Crippen molar-refractivity contribution in [1.29, 1.82) is 0 Å². The molecule has 7 nitrogen and oxygen atoms in total. The maximum atomic E-state index is 10.4. The van der Waals surface area contributed by atoms with Gasteiger partial charge in [0.15, 0.2) is 6.10 Å². The second-order valence-corrected chi connectivity index (χ2v) is 2.47. The van der Waals surface area contributed by atoms with Gasteiger partial charge in [-0.25, -0.2) is 4.21 Å². The number of hydrogen-bond acceptors (Lipinski definition) is 6. The predicted octanol–water partition coefficient (Wildman–Crippen LogP) is -3.00. The van der Waals surface area contributed by atoms with E-state index < -0.39 is 36.1 Å². The van der Waals surface area contributed by atoms with Gasteiger partial charge in [-0.3, -0.25) is 8.98 Å². The number of hydrogen-bond donors (Lipinski definition) is 3. The van der Waals surface area contributed by atoms with E-state index in [1.165, 1.54) is 0 Å². The molecule has 12 heavy (non-hydrogen) atoms. The Kier molecular flexibility index (Phi) is 4.93. The SMILES string of the molecule is NC(=O)C(OS(=O)[O-])C(O)CO. The van der Waals surface area contributed by atoms with Crippen LogP contribution in [-0.4, -0.2) is 43.7 Å². The Balaban J connectivity index is 4.22. The van der Waals surface area contributed by atoms with Crippen LogP contribution in [0.25, 0.3) is 0 Å². The van der Waals surface area contributed by atoms with Gasteiger partial charge in [-0.2, -0.15) is 0 Å². The van der Waals surface area contributed by atoms with E-state index in [1.807, 2.05) is 0 Å². The quantitative estimate of drug-likeness (QED) is 0.403. The summed E-state index contributed by atoms with van der Waals surface area (Å²) in [5.41, 5.74) is 4.65. The molecule has 0 radical (unpaired) electrons. The van der Waals surface area contributed by atoms with Crippen molar-refractivity contribution < 1.29 is 28.0 Å². The minimum absolute atomic E-state index is 0.815. The lowest BCUT2D eigenvalue weighted by Crippen LogP contribution is -2.43. The molecule has 1 amide bonds. The van der Waals surface area contributed by atoms with Crippen LogP contribution in [0.4, 0.5) is 0 Å². The van der Waals surface area contributed by atoms with Gasteiger partial charge in [0.2, 0.25) is 0 Å². The van der Waals surface area contributed by atoms with Crippen LogP contribution >= 0.6 is 0 Å². The maximum absolute atomic E-state index is 10.4. The fraction of sp³-hybridized carbons (Fsp3) is 0.750. The molecule has 0 bridgehead atoms. The molecular weight excluding hydrogens is 190 g/mol. The molecule has 0 aromatic rings. The summed E-state index contributed by atoms with van der Waals surface area (Å²) in [6, 6.07) is 0. The average Bonchev–Trinajstić information content (AvgIpc) is 1.98. The highest BCUT2D eigenvalue weighted by molar-refractivity contribution is 7.74. The molecule has 3 unspecified atom stereocenters. The summed E-state index contributed by atoms with van der Waals surface area (Å²) in [6.45, 7) is -0.815. The highest BCUT2D eigenvalue weighted by Gasteiger charge is 2.25. The van der Waals surface area contributed by atoms with Crippen LogP contribution < -0.4 is 5.73 Å². The first-order valence-electron chi connectivity index (χ1n) is 2.83. The normalized spacial score (nSPS) is 18.2. The van der Waals surface area contributed by atoms with Crippen LogP contribution in [-0.2, 0) is 20.3 Å². The Morgan fingerprint density at radius 1 is 1.75 bits per heavy atom. The highest BCUT2D eigenvalue weighted by Crippen LogP contribution is 1.99. The molecular formula is C4H8NO6S-. The molecule has 3 atom stereocenters. The zero-order valence-electron chi connectivity index (χ0n) is 5.87. The summed E-state index contributed by atoms with van der Waals surface area (Å²) in [6.07, 6.45) is -3.38. The van der Waals surface area contributed by atoms with E-state index in [2.05, 4.69) is 9.92 Å². The van der Waals surface area contributed by atoms with Crippen LogP contribution in [0, 0.1) is 0 Å².